The first kappa shape index (κ1) is 13.1. The van der Waals surface area contributed by atoms with Crippen LogP contribution in [0.4, 0.5) is 0 Å². The van der Waals surface area contributed by atoms with Gasteiger partial charge in [-0.05, 0) is 0 Å². The van der Waals surface area contributed by atoms with Crippen molar-refractivity contribution in [2.45, 2.75) is 9.42 Å². The van der Waals surface area contributed by atoms with Crippen molar-refractivity contribution in [2.24, 2.45) is 0 Å². The van der Waals surface area contributed by atoms with E-state index in [2.05, 4.69) is 11.3 Å². The number of rotatable bonds is 4. The fourth-order valence-corrected chi connectivity index (χ4v) is 0.809. The summed E-state index contributed by atoms with van der Waals surface area (Å²) in [6.45, 7) is 4.47. The number of carbonyl (C=O) groups excluding carboxylic acids is 1. The zero-order valence-corrected chi connectivity index (χ0v) is 10.3. The molecular weight excluding hydrogens is 207 g/mol. The number of carbonyl (C=O) groups is 1. The summed E-state index contributed by atoms with van der Waals surface area (Å²) >= 11 is 0.205. The van der Waals surface area contributed by atoms with Gasteiger partial charge in [-0.1, -0.05) is 0 Å². The van der Waals surface area contributed by atoms with E-state index < -0.39 is 18.6 Å². The van der Waals surface area contributed by atoms with E-state index in [4.69, 9.17) is 4.55 Å². The molecule has 0 saturated carbocycles. The van der Waals surface area contributed by atoms with Crippen molar-refractivity contribution in [3.05, 3.63) is 12.2 Å². The van der Waals surface area contributed by atoms with E-state index in [1.54, 1.807) is 0 Å². The zero-order valence-electron chi connectivity index (χ0n) is 7.48. The molecule has 0 heterocycles. The van der Waals surface area contributed by atoms with E-state index >= 15 is 0 Å². The minimum absolute atomic E-state index is 0.198. The third kappa shape index (κ3) is 5.43. The summed E-state index contributed by atoms with van der Waals surface area (Å²) in [4.78, 5) is 10.8. The summed E-state index contributed by atoms with van der Waals surface area (Å²) < 4.78 is 33.1. The molecule has 0 rings (SSSR count). The number of ether oxygens (including phenoxy) is 1. The van der Waals surface area contributed by atoms with Crippen LogP contribution >= 0.6 is 0 Å². The Morgan fingerprint density at radius 1 is 1.69 bits per heavy atom. The van der Waals surface area contributed by atoms with Gasteiger partial charge in [0, 0.05) is 0 Å². The second-order valence-corrected chi connectivity index (χ2v) is 6.77. The van der Waals surface area contributed by atoms with Gasteiger partial charge < -0.3 is 0 Å². The molecule has 5 nitrogen and oxygen atoms in total. The molecule has 0 aromatic heterocycles. The summed E-state index contributed by atoms with van der Waals surface area (Å²) in [6, 6.07) is 0. The Hall–Kier alpha value is 0.120. The maximum atomic E-state index is 10.8. The monoisotopic (exact) mass is 216 g/mol. The van der Waals surface area contributed by atoms with Crippen LogP contribution in [0.1, 0.15) is 6.92 Å². The molecule has 0 aliphatic rings. The molecule has 1 unspecified atom stereocenters. The van der Waals surface area contributed by atoms with Crippen LogP contribution in [0.15, 0.2) is 12.2 Å². The third-order valence-corrected chi connectivity index (χ3v) is 4.58. The molecule has 0 radical (unpaired) electrons. The molecule has 1 atom stereocenters. The standard InChI is InChI=1S/C6H9O5S.Na/c1-5(2)6(7)11-3-4-12(8,9)10;/h4H,1,3H2,2H3,(H,8,9,10);. The van der Waals surface area contributed by atoms with E-state index in [1.807, 2.05) is 0 Å². The third-order valence-electron chi connectivity index (χ3n) is 1.31. The van der Waals surface area contributed by atoms with Crippen molar-refractivity contribution in [3.8, 4) is 0 Å². The molecule has 0 amide bonds. The van der Waals surface area contributed by atoms with Crippen molar-refractivity contribution in [2.75, 3.05) is 6.61 Å². The van der Waals surface area contributed by atoms with E-state index in [1.165, 1.54) is 6.92 Å². The molecule has 0 spiro atoms. The fourth-order valence-electron chi connectivity index (χ4n) is 0.402. The molecule has 0 aromatic carbocycles. The molecule has 70 valence electrons. The van der Waals surface area contributed by atoms with Crippen molar-refractivity contribution in [3.63, 3.8) is 0 Å². The van der Waals surface area contributed by atoms with Crippen molar-refractivity contribution >= 4 is 44.0 Å². The van der Waals surface area contributed by atoms with Crippen LogP contribution in [-0.4, -0.2) is 56.0 Å². The first-order valence-electron chi connectivity index (χ1n) is 3.54. The molecule has 13 heavy (non-hydrogen) atoms. The number of hydrogen-bond acceptors (Lipinski definition) is 4. The quantitative estimate of drug-likeness (QED) is 0.296. The van der Waals surface area contributed by atoms with Gasteiger partial charge in [0.1, 0.15) is 0 Å². The van der Waals surface area contributed by atoms with Gasteiger partial charge in [0.25, 0.3) is 0 Å². The number of esters is 1. The summed E-state index contributed by atoms with van der Waals surface area (Å²) in [6.07, 6.45) is 0. The van der Waals surface area contributed by atoms with E-state index in [0.29, 0.717) is 0 Å². The molecule has 0 aliphatic heterocycles. The Balaban J connectivity index is 4.06. The van der Waals surface area contributed by atoms with Crippen LogP contribution in [0.25, 0.3) is 0 Å². The Kier molecular flexibility index (Phi) is 5.16. The second kappa shape index (κ2) is 5.11. The van der Waals surface area contributed by atoms with Crippen LogP contribution < -0.4 is 0 Å². The predicted octanol–water partition coefficient (Wildman–Crippen LogP) is -0.512. The van der Waals surface area contributed by atoms with Crippen LogP contribution in [0.2, 0.25) is 0 Å². The fraction of sp³-hybridized carbons (Fsp3) is 0.500. The van der Waals surface area contributed by atoms with Gasteiger partial charge in [-0.15, -0.1) is 0 Å². The van der Waals surface area contributed by atoms with Crippen molar-refractivity contribution < 1.29 is 22.5 Å². The molecule has 0 aromatic rings. The topological polar surface area (TPSA) is 80.7 Å². The Bertz CT molecular complexity index is 307. The van der Waals surface area contributed by atoms with Gasteiger partial charge in [0.05, 0.1) is 0 Å². The summed E-state index contributed by atoms with van der Waals surface area (Å²) in [5.41, 5.74) is 0.198. The molecular formula is C6H9NaO5S. The molecule has 1 N–H and O–H groups in total. The molecule has 0 saturated heterocycles. The second-order valence-electron chi connectivity index (χ2n) is 2.70. The Morgan fingerprint density at radius 2 is 2.15 bits per heavy atom. The first-order chi connectivity index (χ1) is 5.75. The molecule has 0 fully saturated rings. The average molecular weight is 216 g/mol. The molecule has 0 bridgehead atoms. The van der Waals surface area contributed by atoms with Crippen molar-refractivity contribution in [1.82, 2.24) is 0 Å². The van der Waals surface area contributed by atoms with E-state index in [0.717, 1.165) is 0 Å². The van der Waals surface area contributed by atoms with Crippen LogP contribution in [0, 0.1) is 0 Å². The number of hydrogen-bond donors (Lipinski definition) is 1. The minimum atomic E-state index is -4.07. The zero-order chi connectivity index (χ0) is 10.6. The van der Waals surface area contributed by atoms with Gasteiger partial charge in [0.2, 0.25) is 0 Å². The summed E-state index contributed by atoms with van der Waals surface area (Å²) in [5, 5.41) is 0. The van der Waals surface area contributed by atoms with Crippen molar-refractivity contribution in [1.29, 1.82) is 0 Å². The van der Waals surface area contributed by atoms with Crippen LogP contribution in [-0.2, 0) is 19.6 Å². The van der Waals surface area contributed by atoms with Gasteiger partial charge >= 0.3 is 94.7 Å². The van der Waals surface area contributed by atoms with Gasteiger partial charge in [0.15, 0.2) is 0 Å². The van der Waals surface area contributed by atoms with E-state index in [-0.39, 0.29) is 40.1 Å². The molecule has 7 heteroatoms. The Morgan fingerprint density at radius 3 is 2.46 bits per heavy atom. The summed E-state index contributed by atoms with van der Waals surface area (Å²) in [7, 11) is -4.07. The van der Waals surface area contributed by atoms with Gasteiger partial charge in [-0.25, -0.2) is 0 Å². The van der Waals surface area contributed by atoms with Gasteiger partial charge in [-0.2, -0.15) is 0 Å². The van der Waals surface area contributed by atoms with Crippen LogP contribution in [0.5, 0.6) is 0 Å². The van der Waals surface area contributed by atoms with E-state index in [9.17, 15) is 13.2 Å². The predicted molar refractivity (Wildman–Crippen MR) is 46.9 cm³/mol. The van der Waals surface area contributed by atoms with Gasteiger partial charge in [-0.3, -0.25) is 0 Å². The summed E-state index contributed by atoms with van der Waals surface area (Å²) in [5.74, 6) is -0.649. The van der Waals surface area contributed by atoms with Crippen LogP contribution in [0.3, 0.4) is 0 Å². The Labute approximate surface area is 94.3 Å². The SMILES string of the molecule is C=C(C)C(=O)OC[CH]([Na])S(=O)(=O)O. The normalized spacial score (nSPS) is 13.5. The molecule has 0 aliphatic carbocycles. The first-order valence-corrected chi connectivity index (χ1v) is 6.20. The average Bonchev–Trinajstić information content (AvgIpc) is 1.97. The maximum absolute atomic E-state index is 10.8.